The molecule has 0 radical (unpaired) electrons. The molecule has 0 aromatic carbocycles. The van der Waals surface area contributed by atoms with E-state index in [-0.39, 0.29) is 25.2 Å². The zero-order valence-electron chi connectivity index (χ0n) is 17.8. The van der Waals surface area contributed by atoms with Gasteiger partial charge in [-0.05, 0) is 35.7 Å². The standard InChI is InChI=1S/C21H34O10/c1-20(2)11-4-3-10(12(20)5-11)6-28-18-16(25)15(24)14(23)13(31-18)7-29-19-17(26)21(27,8-22)9-30-19/h3,11-19,22-27H,4-9H2,1-2H3/t11-,12-,13-,14+,15+,16+,17-,18-,19-,21-/m0/s1. The van der Waals surface area contributed by atoms with Crippen LogP contribution in [-0.4, -0.2) is 106 Å². The second kappa shape index (κ2) is 8.60. The zero-order chi connectivity index (χ0) is 22.6. The number of aliphatic hydroxyl groups excluding tert-OH is 5. The Kier molecular flexibility index (Phi) is 6.52. The van der Waals surface area contributed by atoms with Crippen LogP contribution in [0.3, 0.4) is 0 Å². The van der Waals surface area contributed by atoms with E-state index in [1.165, 1.54) is 0 Å². The van der Waals surface area contributed by atoms with Crippen LogP contribution in [0, 0.1) is 17.3 Å². The van der Waals surface area contributed by atoms with Gasteiger partial charge in [0.1, 0.15) is 36.1 Å². The summed E-state index contributed by atoms with van der Waals surface area (Å²) in [6.45, 7) is 3.43. The van der Waals surface area contributed by atoms with E-state index in [4.69, 9.17) is 18.9 Å². The molecule has 0 aromatic rings. The Bertz CT molecular complexity index is 683. The lowest BCUT2D eigenvalue weighted by atomic mass is 9.49. The summed E-state index contributed by atoms with van der Waals surface area (Å²) in [5, 5.41) is 60.1. The summed E-state index contributed by atoms with van der Waals surface area (Å²) in [5.41, 5.74) is -0.452. The van der Waals surface area contributed by atoms with Crippen LogP contribution in [0.15, 0.2) is 11.6 Å². The molecule has 1 saturated carbocycles. The first-order valence-electron chi connectivity index (χ1n) is 10.8. The summed E-state index contributed by atoms with van der Waals surface area (Å²) in [4.78, 5) is 0. The molecule has 0 aromatic heterocycles. The lowest BCUT2D eigenvalue weighted by Crippen LogP contribution is -2.60. The summed E-state index contributed by atoms with van der Waals surface area (Å²) in [6.07, 6.45) is -5.07. The fourth-order valence-electron chi connectivity index (χ4n) is 5.14. The molecule has 0 spiro atoms. The maximum atomic E-state index is 10.3. The average molecular weight is 446 g/mol. The van der Waals surface area contributed by atoms with Crippen molar-refractivity contribution in [2.75, 3.05) is 26.4 Å². The van der Waals surface area contributed by atoms with E-state index in [1.54, 1.807) is 0 Å². The van der Waals surface area contributed by atoms with Gasteiger partial charge in [-0.1, -0.05) is 19.9 Å². The van der Waals surface area contributed by atoms with Gasteiger partial charge in [0.25, 0.3) is 0 Å². The average Bonchev–Trinajstić information content (AvgIpc) is 3.05. The molecule has 178 valence electrons. The van der Waals surface area contributed by atoms with Crippen molar-refractivity contribution in [1.29, 1.82) is 0 Å². The van der Waals surface area contributed by atoms with Crippen molar-refractivity contribution in [1.82, 2.24) is 0 Å². The van der Waals surface area contributed by atoms with Gasteiger partial charge in [-0.3, -0.25) is 0 Å². The highest BCUT2D eigenvalue weighted by molar-refractivity contribution is 5.23. The number of hydrogen-bond acceptors (Lipinski definition) is 10. The highest BCUT2D eigenvalue weighted by Gasteiger charge is 2.52. The molecule has 2 aliphatic heterocycles. The Morgan fingerprint density at radius 1 is 1.06 bits per heavy atom. The molecule has 0 unspecified atom stereocenters. The smallest absolute Gasteiger partial charge is 0.187 e. The molecule has 5 aliphatic rings. The normalized spacial score (nSPS) is 48.9. The minimum atomic E-state index is -1.83. The van der Waals surface area contributed by atoms with E-state index in [0.29, 0.717) is 11.8 Å². The van der Waals surface area contributed by atoms with Gasteiger partial charge < -0.3 is 49.6 Å². The van der Waals surface area contributed by atoms with Crippen molar-refractivity contribution in [3.05, 3.63) is 11.6 Å². The summed E-state index contributed by atoms with van der Waals surface area (Å²) >= 11 is 0. The highest BCUT2D eigenvalue weighted by atomic mass is 16.7. The van der Waals surface area contributed by atoms with Crippen LogP contribution in [-0.2, 0) is 18.9 Å². The van der Waals surface area contributed by atoms with Crippen molar-refractivity contribution in [2.24, 2.45) is 17.3 Å². The molecule has 6 N–H and O–H groups in total. The van der Waals surface area contributed by atoms with Crippen LogP contribution in [0.5, 0.6) is 0 Å². The third kappa shape index (κ3) is 4.08. The second-order valence-electron chi connectivity index (χ2n) is 9.87. The van der Waals surface area contributed by atoms with Gasteiger partial charge in [0.2, 0.25) is 0 Å². The van der Waals surface area contributed by atoms with Crippen molar-refractivity contribution in [3.8, 4) is 0 Å². The molecule has 3 fully saturated rings. The topological polar surface area (TPSA) is 158 Å². The Labute approximate surface area is 181 Å². The van der Waals surface area contributed by atoms with Crippen LogP contribution in [0.25, 0.3) is 0 Å². The van der Waals surface area contributed by atoms with Crippen LogP contribution in [0.4, 0.5) is 0 Å². The van der Waals surface area contributed by atoms with Crippen molar-refractivity contribution in [2.45, 2.75) is 75.4 Å². The van der Waals surface area contributed by atoms with Gasteiger partial charge in [-0.15, -0.1) is 0 Å². The second-order valence-corrected chi connectivity index (χ2v) is 9.87. The molecule has 2 saturated heterocycles. The van der Waals surface area contributed by atoms with Gasteiger partial charge in [-0.2, -0.15) is 0 Å². The van der Waals surface area contributed by atoms with Crippen molar-refractivity contribution in [3.63, 3.8) is 0 Å². The molecule has 3 aliphatic carbocycles. The molecule has 10 nitrogen and oxygen atoms in total. The Morgan fingerprint density at radius 2 is 1.81 bits per heavy atom. The van der Waals surface area contributed by atoms with Crippen LogP contribution in [0.1, 0.15) is 26.7 Å². The predicted octanol–water partition coefficient (Wildman–Crippen LogP) is -1.74. The van der Waals surface area contributed by atoms with Crippen molar-refractivity contribution < 1.29 is 49.6 Å². The Morgan fingerprint density at radius 3 is 2.42 bits per heavy atom. The predicted molar refractivity (Wildman–Crippen MR) is 104 cm³/mol. The monoisotopic (exact) mass is 446 g/mol. The Hall–Kier alpha value is -0.660. The lowest BCUT2D eigenvalue weighted by molar-refractivity contribution is -0.308. The molecule has 0 amide bonds. The van der Waals surface area contributed by atoms with Crippen molar-refractivity contribution >= 4 is 0 Å². The molecule has 10 heteroatoms. The minimum Gasteiger partial charge on any atom is -0.393 e. The summed E-state index contributed by atoms with van der Waals surface area (Å²) < 4.78 is 22.0. The molecule has 10 atom stereocenters. The third-order valence-electron chi connectivity index (χ3n) is 7.67. The van der Waals surface area contributed by atoms with Gasteiger partial charge in [0.05, 0.1) is 26.4 Å². The third-order valence-corrected chi connectivity index (χ3v) is 7.67. The number of rotatable bonds is 7. The first-order chi connectivity index (χ1) is 14.6. The molecule has 2 heterocycles. The lowest BCUT2D eigenvalue weighted by Gasteiger charge is -2.56. The molecular weight excluding hydrogens is 412 g/mol. The largest absolute Gasteiger partial charge is 0.393 e. The van der Waals surface area contributed by atoms with Gasteiger partial charge in [0, 0.05) is 0 Å². The number of aliphatic hydroxyl groups is 6. The molecule has 31 heavy (non-hydrogen) atoms. The fourth-order valence-corrected chi connectivity index (χ4v) is 5.14. The minimum absolute atomic E-state index is 0.226. The molecule has 5 rings (SSSR count). The van der Waals surface area contributed by atoms with E-state index in [9.17, 15) is 30.6 Å². The first-order valence-corrected chi connectivity index (χ1v) is 10.8. The SMILES string of the molecule is CC1(C)[C@H]2CC=C(CO[C@H]3O[C@@H](CO[C@H]4OC[C@@](O)(CO)[C@H]4O)[C@@H](O)[C@@H](O)[C@H]3O)[C@@H]1C2. The van der Waals surface area contributed by atoms with Crippen LogP contribution < -0.4 is 0 Å². The maximum absolute atomic E-state index is 10.3. The van der Waals surface area contributed by atoms with Gasteiger partial charge in [-0.25, -0.2) is 0 Å². The number of hydrogen-bond donors (Lipinski definition) is 6. The van der Waals surface area contributed by atoms with Crippen LogP contribution in [0.2, 0.25) is 0 Å². The molecule has 2 bridgehead atoms. The Balaban J connectivity index is 1.33. The first kappa shape index (κ1) is 23.5. The molecular formula is C21H34O10. The van der Waals surface area contributed by atoms with Gasteiger partial charge >= 0.3 is 0 Å². The van der Waals surface area contributed by atoms with E-state index in [2.05, 4.69) is 19.9 Å². The zero-order valence-corrected chi connectivity index (χ0v) is 17.8. The fraction of sp³-hybridized carbons (Fsp3) is 0.905. The van der Waals surface area contributed by atoms with E-state index in [0.717, 1.165) is 18.4 Å². The van der Waals surface area contributed by atoms with E-state index < -0.39 is 55.3 Å². The highest BCUT2D eigenvalue weighted by Crippen LogP contribution is 2.59. The number of fused-ring (bicyclic) bond motifs is 1. The maximum Gasteiger partial charge on any atom is 0.187 e. The summed E-state index contributed by atoms with van der Waals surface area (Å²) in [6, 6.07) is 0. The van der Waals surface area contributed by atoms with E-state index >= 15 is 0 Å². The van der Waals surface area contributed by atoms with E-state index in [1.807, 2.05) is 0 Å². The van der Waals surface area contributed by atoms with Gasteiger partial charge in [0.15, 0.2) is 12.6 Å². The van der Waals surface area contributed by atoms with Crippen LogP contribution >= 0.6 is 0 Å². The number of allylic oxidation sites excluding steroid dienone is 1. The summed E-state index contributed by atoms with van der Waals surface area (Å²) in [5.74, 6) is 1.11. The number of ether oxygens (including phenoxy) is 4. The summed E-state index contributed by atoms with van der Waals surface area (Å²) in [7, 11) is 0. The quantitative estimate of drug-likeness (QED) is 0.248.